The van der Waals surface area contributed by atoms with E-state index in [1.165, 1.54) is 40.5 Å². The van der Waals surface area contributed by atoms with E-state index < -0.39 is 29.3 Å². The highest BCUT2D eigenvalue weighted by Crippen LogP contribution is 2.44. The number of methoxy groups -OCH3 is 1. The third-order valence-corrected chi connectivity index (χ3v) is 6.93. The average Bonchev–Trinajstić information content (AvgIpc) is 3.45. The Morgan fingerprint density at radius 1 is 1.11 bits per heavy atom. The third-order valence-electron chi connectivity index (χ3n) is 5.92. The molecule has 186 valence electrons. The number of ketones is 1. The molecule has 1 fully saturated rings. The first-order chi connectivity index (χ1) is 17.9. The van der Waals surface area contributed by atoms with Crippen LogP contribution in [0.5, 0.6) is 11.5 Å². The number of carbonyl (C=O) groups is 2. The molecule has 7 nitrogen and oxygen atoms in total. The summed E-state index contributed by atoms with van der Waals surface area (Å²) in [6.45, 7) is 3.95. The molecule has 1 saturated heterocycles. The summed E-state index contributed by atoms with van der Waals surface area (Å²) in [7, 11) is 1.56. The number of hydrogen-bond acceptors (Lipinski definition) is 7. The monoisotopic (exact) mass is 516 g/mol. The van der Waals surface area contributed by atoms with Gasteiger partial charge in [0.05, 0.1) is 28.9 Å². The van der Waals surface area contributed by atoms with Crippen molar-refractivity contribution in [2.24, 2.45) is 0 Å². The Morgan fingerprint density at radius 3 is 2.49 bits per heavy atom. The van der Waals surface area contributed by atoms with E-state index in [9.17, 15) is 19.1 Å². The Hall–Kier alpha value is -4.50. The molecule has 1 atom stereocenters. The standard InChI is InChI=1S/C28H21FN2O5S/c1-3-14-36-19-10-6-16(7-11-19)24-23(25(32)17-4-8-18(29)9-5-17)26(33)27(34)31(24)28-30-21-13-12-20(35-2)15-22(21)37-28/h3-13,15,24,32H,1,14H2,2H3/b25-23+/t24-/m0/s1. The van der Waals surface area contributed by atoms with Crippen molar-refractivity contribution in [1.29, 1.82) is 0 Å². The van der Waals surface area contributed by atoms with Gasteiger partial charge in [-0.05, 0) is 60.2 Å². The second kappa shape index (κ2) is 9.87. The van der Waals surface area contributed by atoms with Gasteiger partial charge in [0.15, 0.2) is 5.13 Å². The van der Waals surface area contributed by atoms with Crippen molar-refractivity contribution < 1.29 is 28.6 Å². The van der Waals surface area contributed by atoms with Gasteiger partial charge < -0.3 is 14.6 Å². The fourth-order valence-electron chi connectivity index (χ4n) is 4.13. The van der Waals surface area contributed by atoms with Crippen molar-refractivity contribution in [3.8, 4) is 11.5 Å². The minimum atomic E-state index is -0.971. The molecule has 5 rings (SSSR count). The van der Waals surface area contributed by atoms with E-state index in [0.29, 0.717) is 34.3 Å². The van der Waals surface area contributed by atoms with Gasteiger partial charge in [-0.1, -0.05) is 36.1 Å². The maximum absolute atomic E-state index is 13.5. The molecule has 0 saturated carbocycles. The SMILES string of the molecule is C=CCOc1ccc([C@H]2/C(=C(\O)c3ccc(F)cc3)C(=O)C(=O)N2c2nc3ccc(OC)cc3s2)cc1. The van der Waals surface area contributed by atoms with E-state index >= 15 is 0 Å². The van der Waals surface area contributed by atoms with Gasteiger partial charge in [-0.2, -0.15) is 0 Å². The summed E-state index contributed by atoms with van der Waals surface area (Å²) in [5.41, 5.74) is 1.29. The van der Waals surface area contributed by atoms with Gasteiger partial charge in [0.2, 0.25) is 0 Å². The van der Waals surface area contributed by atoms with Crippen molar-refractivity contribution in [2.45, 2.75) is 6.04 Å². The molecule has 3 aromatic carbocycles. The molecule has 0 unspecified atom stereocenters. The van der Waals surface area contributed by atoms with Crippen LogP contribution in [-0.4, -0.2) is 35.5 Å². The summed E-state index contributed by atoms with van der Waals surface area (Å²) in [4.78, 5) is 32.6. The summed E-state index contributed by atoms with van der Waals surface area (Å²) in [5, 5.41) is 11.5. The molecule has 1 aromatic heterocycles. The van der Waals surface area contributed by atoms with Crippen molar-refractivity contribution in [3.05, 3.63) is 102 Å². The summed E-state index contributed by atoms with van der Waals surface area (Å²) < 4.78 is 25.1. The second-order valence-corrected chi connectivity index (χ2v) is 9.18. The normalized spacial score (nSPS) is 16.8. The number of aliphatic hydroxyl groups excluding tert-OH is 1. The van der Waals surface area contributed by atoms with Crippen LogP contribution in [0.4, 0.5) is 9.52 Å². The van der Waals surface area contributed by atoms with Crippen LogP contribution in [0.3, 0.4) is 0 Å². The smallest absolute Gasteiger partial charge is 0.301 e. The van der Waals surface area contributed by atoms with Crippen molar-refractivity contribution in [1.82, 2.24) is 4.98 Å². The number of benzene rings is 3. The van der Waals surface area contributed by atoms with Gasteiger partial charge in [0, 0.05) is 5.56 Å². The number of halogens is 1. The number of anilines is 1. The number of rotatable bonds is 7. The number of ether oxygens (including phenoxy) is 2. The maximum atomic E-state index is 13.5. The highest BCUT2D eigenvalue weighted by Gasteiger charge is 2.48. The fraction of sp³-hybridized carbons (Fsp3) is 0.107. The van der Waals surface area contributed by atoms with Crippen LogP contribution in [0.2, 0.25) is 0 Å². The number of nitrogens with zero attached hydrogens (tertiary/aromatic N) is 2. The zero-order valence-electron chi connectivity index (χ0n) is 19.7. The summed E-state index contributed by atoms with van der Waals surface area (Å²) in [5.74, 6) is -1.38. The molecule has 2 heterocycles. The third kappa shape index (κ3) is 4.45. The summed E-state index contributed by atoms with van der Waals surface area (Å²) in [6, 6.07) is 16.3. The Labute approximate surface area is 215 Å². The first kappa shape index (κ1) is 24.2. The minimum Gasteiger partial charge on any atom is -0.507 e. The quantitative estimate of drug-likeness (QED) is 0.148. The van der Waals surface area contributed by atoms with Crippen LogP contribution in [0, 0.1) is 5.82 Å². The number of aliphatic hydroxyl groups is 1. The Kier molecular flexibility index (Phi) is 6.45. The Morgan fingerprint density at radius 2 is 1.81 bits per heavy atom. The zero-order valence-corrected chi connectivity index (χ0v) is 20.5. The van der Waals surface area contributed by atoms with Gasteiger partial charge in [-0.3, -0.25) is 14.5 Å². The first-order valence-corrected chi connectivity index (χ1v) is 12.1. The minimum absolute atomic E-state index is 0.117. The lowest BCUT2D eigenvalue weighted by atomic mass is 9.95. The number of fused-ring (bicyclic) bond motifs is 1. The molecule has 0 radical (unpaired) electrons. The van der Waals surface area contributed by atoms with Crippen molar-refractivity contribution >= 4 is 44.1 Å². The topological polar surface area (TPSA) is 89.0 Å². The van der Waals surface area contributed by atoms with E-state index in [4.69, 9.17) is 9.47 Å². The van der Waals surface area contributed by atoms with Crippen LogP contribution in [-0.2, 0) is 9.59 Å². The number of carbonyl (C=O) groups excluding carboxylic acids is 2. The highest BCUT2D eigenvalue weighted by atomic mass is 32.1. The molecule has 0 aliphatic carbocycles. The molecule has 9 heteroatoms. The van der Waals surface area contributed by atoms with Gasteiger partial charge in [-0.15, -0.1) is 0 Å². The summed E-state index contributed by atoms with van der Waals surface area (Å²) in [6.07, 6.45) is 1.62. The largest absolute Gasteiger partial charge is 0.507 e. The lowest BCUT2D eigenvalue weighted by Crippen LogP contribution is -2.29. The molecule has 0 bridgehead atoms. The summed E-state index contributed by atoms with van der Waals surface area (Å²) >= 11 is 1.23. The molecule has 1 N–H and O–H groups in total. The number of aromatic nitrogens is 1. The zero-order chi connectivity index (χ0) is 26.1. The van der Waals surface area contributed by atoms with Gasteiger partial charge in [0.25, 0.3) is 5.78 Å². The molecule has 1 amide bonds. The number of hydrogen-bond donors (Lipinski definition) is 1. The first-order valence-electron chi connectivity index (χ1n) is 11.3. The average molecular weight is 517 g/mol. The highest BCUT2D eigenvalue weighted by molar-refractivity contribution is 7.22. The van der Waals surface area contributed by atoms with Crippen molar-refractivity contribution in [2.75, 3.05) is 18.6 Å². The lowest BCUT2D eigenvalue weighted by molar-refractivity contribution is -0.132. The van der Waals surface area contributed by atoms with Crippen molar-refractivity contribution in [3.63, 3.8) is 0 Å². The molecule has 1 aliphatic heterocycles. The fourth-order valence-corrected chi connectivity index (χ4v) is 5.15. The van der Waals surface area contributed by atoms with E-state index in [2.05, 4.69) is 11.6 Å². The molecule has 0 spiro atoms. The van der Waals surface area contributed by atoms with Crippen LogP contribution in [0.15, 0.2) is 85.0 Å². The Bertz CT molecular complexity index is 1540. The molecule has 4 aromatic rings. The molecular weight excluding hydrogens is 495 g/mol. The van der Waals surface area contributed by atoms with Gasteiger partial charge in [-0.25, -0.2) is 9.37 Å². The molecule has 1 aliphatic rings. The van der Waals surface area contributed by atoms with Crippen LogP contribution >= 0.6 is 11.3 Å². The number of thiazole rings is 1. The molecule has 37 heavy (non-hydrogen) atoms. The van der Waals surface area contributed by atoms with E-state index in [1.54, 1.807) is 55.7 Å². The lowest BCUT2D eigenvalue weighted by Gasteiger charge is -2.23. The van der Waals surface area contributed by atoms with Gasteiger partial charge >= 0.3 is 5.91 Å². The van der Waals surface area contributed by atoms with Crippen LogP contribution in [0.25, 0.3) is 16.0 Å². The molecular formula is C28H21FN2O5S. The van der Waals surface area contributed by atoms with Gasteiger partial charge in [0.1, 0.15) is 29.7 Å². The second-order valence-electron chi connectivity index (χ2n) is 8.17. The predicted octanol–water partition coefficient (Wildman–Crippen LogP) is 5.64. The van der Waals surface area contributed by atoms with E-state index in [-0.39, 0.29) is 11.1 Å². The number of amides is 1. The van der Waals surface area contributed by atoms with E-state index in [1.807, 2.05) is 0 Å². The van der Waals surface area contributed by atoms with E-state index in [0.717, 1.165) is 4.70 Å². The van der Waals surface area contributed by atoms with Crippen LogP contribution < -0.4 is 14.4 Å². The predicted molar refractivity (Wildman–Crippen MR) is 139 cm³/mol. The maximum Gasteiger partial charge on any atom is 0.301 e. The number of Topliss-reactive ketones (excluding diaryl/α,β-unsaturated/α-hetero) is 1. The van der Waals surface area contributed by atoms with Crippen LogP contribution in [0.1, 0.15) is 17.2 Å². The Balaban J connectivity index is 1.67.